The molecule has 1 atom stereocenters. The van der Waals surface area contributed by atoms with Crippen molar-refractivity contribution in [3.8, 4) is 0 Å². The Hall–Kier alpha value is -3.23. The standard InChI is InChI=1S/C25H20Cl2F3N3O2.C3H8/c26-17-11-10-16(19(27)13-17)12-23(34)31-20-14-32(18-6-2-1-3-7-18)21-8-4-5-9-22(21)33(24(20)35)15-25(28,29)30;1-3-2/h1-11,13,20H,12,14-15H2,(H,31,34);3H2,1-2H3. The molecule has 38 heavy (non-hydrogen) atoms. The highest BCUT2D eigenvalue weighted by molar-refractivity contribution is 6.35. The lowest BCUT2D eigenvalue weighted by Crippen LogP contribution is -2.53. The summed E-state index contributed by atoms with van der Waals surface area (Å²) in [5.74, 6) is -1.41. The van der Waals surface area contributed by atoms with Crippen molar-refractivity contribution < 1.29 is 22.8 Å². The van der Waals surface area contributed by atoms with Gasteiger partial charge in [-0.1, -0.05) is 79.9 Å². The zero-order valence-corrected chi connectivity index (χ0v) is 22.4. The van der Waals surface area contributed by atoms with Crippen LogP contribution in [0.1, 0.15) is 25.8 Å². The van der Waals surface area contributed by atoms with Gasteiger partial charge in [-0.15, -0.1) is 0 Å². The zero-order chi connectivity index (χ0) is 27.9. The molecule has 1 aliphatic rings. The molecule has 1 aliphatic heterocycles. The number of hydrogen-bond acceptors (Lipinski definition) is 3. The Morgan fingerprint density at radius 3 is 2.18 bits per heavy atom. The number of carbonyl (C=O) groups excluding carboxylic acids is 2. The quantitative estimate of drug-likeness (QED) is 0.356. The third-order valence-corrected chi connectivity index (χ3v) is 6.09. The summed E-state index contributed by atoms with van der Waals surface area (Å²) in [6.07, 6.45) is -3.56. The van der Waals surface area contributed by atoms with Gasteiger partial charge < -0.3 is 10.2 Å². The van der Waals surface area contributed by atoms with Crippen molar-refractivity contribution in [1.29, 1.82) is 0 Å². The highest BCUT2D eigenvalue weighted by Crippen LogP contribution is 2.38. The fourth-order valence-corrected chi connectivity index (χ4v) is 4.45. The third kappa shape index (κ3) is 7.65. The Balaban J connectivity index is 0.00000127. The molecule has 0 saturated carbocycles. The number of alkyl halides is 3. The molecule has 1 unspecified atom stereocenters. The number of nitrogens with one attached hydrogen (secondary N) is 1. The number of rotatable bonds is 5. The largest absolute Gasteiger partial charge is 0.406 e. The number of benzene rings is 3. The van der Waals surface area contributed by atoms with Crippen LogP contribution in [-0.2, 0) is 16.0 Å². The van der Waals surface area contributed by atoms with E-state index in [0.717, 1.165) is 0 Å². The Kier molecular flexibility index (Phi) is 10.1. The van der Waals surface area contributed by atoms with Gasteiger partial charge in [0.25, 0.3) is 5.91 Å². The fraction of sp³-hybridized carbons (Fsp3) is 0.286. The molecule has 0 radical (unpaired) electrons. The number of para-hydroxylation sites is 3. The number of nitrogens with zero attached hydrogens (tertiary/aromatic N) is 2. The van der Waals surface area contributed by atoms with Gasteiger partial charge in [0.1, 0.15) is 12.6 Å². The van der Waals surface area contributed by atoms with E-state index in [4.69, 9.17) is 23.2 Å². The average molecular weight is 566 g/mol. The highest BCUT2D eigenvalue weighted by atomic mass is 35.5. The fourth-order valence-electron chi connectivity index (χ4n) is 3.97. The minimum Gasteiger partial charge on any atom is -0.342 e. The minimum absolute atomic E-state index is 0.0612. The van der Waals surface area contributed by atoms with Crippen LogP contribution in [0.5, 0.6) is 0 Å². The van der Waals surface area contributed by atoms with Crippen LogP contribution in [0.3, 0.4) is 0 Å². The van der Waals surface area contributed by atoms with Crippen molar-refractivity contribution in [2.75, 3.05) is 22.9 Å². The highest BCUT2D eigenvalue weighted by Gasteiger charge is 2.41. The number of hydrogen-bond donors (Lipinski definition) is 1. The van der Waals surface area contributed by atoms with Crippen LogP contribution >= 0.6 is 23.2 Å². The van der Waals surface area contributed by atoms with Gasteiger partial charge in [-0.05, 0) is 42.0 Å². The molecule has 0 saturated heterocycles. The Morgan fingerprint density at radius 2 is 1.58 bits per heavy atom. The molecular formula is C28H28Cl2F3N3O2. The molecule has 2 amide bonds. The maximum Gasteiger partial charge on any atom is 0.406 e. The summed E-state index contributed by atoms with van der Waals surface area (Å²) < 4.78 is 40.5. The van der Waals surface area contributed by atoms with Crippen molar-refractivity contribution in [3.63, 3.8) is 0 Å². The van der Waals surface area contributed by atoms with Crippen LogP contribution in [0.2, 0.25) is 10.0 Å². The maximum absolute atomic E-state index is 13.5. The van der Waals surface area contributed by atoms with E-state index in [2.05, 4.69) is 19.2 Å². The lowest BCUT2D eigenvalue weighted by molar-refractivity contribution is -0.134. The number of anilines is 3. The molecule has 1 heterocycles. The van der Waals surface area contributed by atoms with Crippen LogP contribution in [0.25, 0.3) is 0 Å². The predicted octanol–water partition coefficient (Wildman–Crippen LogP) is 7.18. The summed E-state index contributed by atoms with van der Waals surface area (Å²) in [6.45, 7) is 2.70. The lowest BCUT2D eigenvalue weighted by Gasteiger charge is -2.27. The number of amides is 2. The van der Waals surface area contributed by atoms with Crippen LogP contribution in [0, 0.1) is 0 Å². The van der Waals surface area contributed by atoms with E-state index in [0.29, 0.717) is 26.9 Å². The van der Waals surface area contributed by atoms with Gasteiger partial charge in [-0.3, -0.25) is 14.5 Å². The normalized spacial score (nSPS) is 15.2. The molecule has 5 nitrogen and oxygen atoms in total. The van der Waals surface area contributed by atoms with Crippen LogP contribution in [-0.4, -0.2) is 37.1 Å². The maximum atomic E-state index is 13.5. The van der Waals surface area contributed by atoms with Crippen molar-refractivity contribution in [3.05, 3.63) is 88.4 Å². The van der Waals surface area contributed by atoms with Crippen molar-refractivity contribution in [1.82, 2.24) is 5.32 Å². The van der Waals surface area contributed by atoms with Gasteiger partial charge in [0.2, 0.25) is 5.91 Å². The SMILES string of the molecule is CCC.O=C(Cc1ccc(Cl)cc1Cl)NC1CN(c2ccccc2)c2ccccc2N(CC(F)(F)F)C1=O. The Bertz CT molecular complexity index is 1260. The number of carbonyl (C=O) groups is 2. The monoisotopic (exact) mass is 565 g/mol. The minimum atomic E-state index is -4.64. The molecule has 4 rings (SSSR count). The molecule has 0 aromatic heterocycles. The van der Waals surface area contributed by atoms with Gasteiger partial charge in [-0.2, -0.15) is 13.2 Å². The van der Waals surface area contributed by atoms with E-state index in [1.807, 2.05) is 6.07 Å². The summed E-state index contributed by atoms with van der Waals surface area (Å²) in [5, 5.41) is 3.29. The van der Waals surface area contributed by atoms with E-state index in [1.54, 1.807) is 59.5 Å². The third-order valence-electron chi connectivity index (χ3n) is 5.50. The van der Waals surface area contributed by atoms with Gasteiger partial charge in [-0.25, -0.2) is 0 Å². The molecule has 3 aromatic rings. The Morgan fingerprint density at radius 1 is 0.974 bits per heavy atom. The van der Waals surface area contributed by atoms with Gasteiger partial charge in [0.15, 0.2) is 0 Å². The van der Waals surface area contributed by atoms with E-state index < -0.39 is 30.6 Å². The van der Waals surface area contributed by atoms with Crippen molar-refractivity contribution >= 4 is 52.1 Å². The number of halogens is 5. The second kappa shape index (κ2) is 13.0. The molecule has 0 spiro atoms. The molecular weight excluding hydrogens is 538 g/mol. The molecule has 0 fully saturated rings. The summed E-state index contributed by atoms with van der Waals surface area (Å²) in [5.41, 5.74) is 1.68. The number of fused-ring (bicyclic) bond motifs is 1. The molecule has 3 aromatic carbocycles. The Labute approximate surface area is 230 Å². The van der Waals surface area contributed by atoms with Crippen molar-refractivity contribution in [2.45, 2.75) is 38.9 Å². The second-order valence-electron chi connectivity index (χ2n) is 8.71. The summed E-state index contributed by atoms with van der Waals surface area (Å²) >= 11 is 12.1. The lowest BCUT2D eigenvalue weighted by atomic mass is 10.1. The molecule has 10 heteroatoms. The van der Waals surface area contributed by atoms with Gasteiger partial charge in [0, 0.05) is 15.7 Å². The van der Waals surface area contributed by atoms with Crippen molar-refractivity contribution in [2.24, 2.45) is 0 Å². The topological polar surface area (TPSA) is 52.7 Å². The zero-order valence-electron chi connectivity index (χ0n) is 20.9. The first-order valence-corrected chi connectivity index (χ1v) is 12.8. The first-order valence-electron chi connectivity index (χ1n) is 12.1. The van der Waals surface area contributed by atoms with Crippen LogP contribution in [0.4, 0.5) is 30.2 Å². The molecule has 0 aliphatic carbocycles. The van der Waals surface area contributed by atoms with E-state index >= 15 is 0 Å². The first-order chi connectivity index (χ1) is 18.0. The second-order valence-corrected chi connectivity index (χ2v) is 9.56. The van der Waals surface area contributed by atoms with Crippen LogP contribution in [0.15, 0.2) is 72.8 Å². The molecule has 1 N–H and O–H groups in total. The average Bonchev–Trinajstić information content (AvgIpc) is 2.97. The summed E-state index contributed by atoms with van der Waals surface area (Å²) in [4.78, 5) is 28.7. The smallest absolute Gasteiger partial charge is 0.342 e. The van der Waals surface area contributed by atoms with Crippen LogP contribution < -0.4 is 15.1 Å². The molecule has 202 valence electrons. The molecule has 0 bridgehead atoms. The van der Waals surface area contributed by atoms with E-state index in [9.17, 15) is 22.8 Å². The van der Waals surface area contributed by atoms with E-state index in [-0.39, 0.29) is 23.7 Å². The van der Waals surface area contributed by atoms with E-state index in [1.165, 1.54) is 18.6 Å². The summed E-state index contributed by atoms with van der Waals surface area (Å²) in [6, 6.07) is 18.7. The summed E-state index contributed by atoms with van der Waals surface area (Å²) in [7, 11) is 0. The predicted molar refractivity (Wildman–Crippen MR) is 146 cm³/mol. The van der Waals surface area contributed by atoms with Gasteiger partial charge >= 0.3 is 6.18 Å². The first kappa shape index (κ1) is 29.3. The van der Waals surface area contributed by atoms with Gasteiger partial charge in [0.05, 0.1) is 24.3 Å².